The molecule has 0 fully saturated rings. The Kier molecular flexibility index (Phi) is 5.35. The van der Waals surface area contributed by atoms with Crippen molar-refractivity contribution in [2.24, 2.45) is 0 Å². The molecule has 0 N–H and O–H groups in total. The Morgan fingerprint density at radius 3 is 1.83 bits per heavy atom. The summed E-state index contributed by atoms with van der Waals surface area (Å²) < 4.78 is 1.07. The third-order valence-electron chi connectivity index (χ3n) is 7.14. The van der Waals surface area contributed by atoms with E-state index < -0.39 is 0 Å². The van der Waals surface area contributed by atoms with Gasteiger partial charge in [0.15, 0.2) is 0 Å². The van der Waals surface area contributed by atoms with Gasteiger partial charge in [0.2, 0.25) is 0 Å². The first kappa shape index (κ1) is 21.9. The molecular weight excluding hydrogens is 490 g/mol. The Balaban J connectivity index is 1.56. The first-order valence-corrected chi connectivity index (χ1v) is 12.8. The predicted molar refractivity (Wildman–Crippen MR) is 152 cm³/mol. The molecule has 0 saturated heterocycles. The quantitative estimate of drug-likeness (QED) is 0.230. The zero-order valence-corrected chi connectivity index (χ0v) is 21.5. The predicted octanol–water partition coefficient (Wildman–Crippen LogP) is 9.89. The Bertz CT molecular complexity index is 1500. The maximum absolute atomic E-state index is 3.61. The van der Waals surface area contributed by atoms with Gasteiger partial charge in [-0.2, -0.15) is 0 Å². The SMILES string of the molecule is CC1(C)c2ccccc2-c2c(N(c3ccc(Br)cc3)c3ccc(-c4ccccc4)cc3)cccc21. The number of anilines is 3. The molecule has 0 aromatic heterocycles. The first-order chi connectivity index (χ1) is 17.0. The number of hydrogen-bond acceptors (Lipinski definition) is 1. The van der Waals surface area contributed by atoms with E-state index in [1.54, 1.807) is 0 Å². The minimum atomic E-state index is -0.0372. The van der Waals surface area contributed by atoms with Gasteiger partial charge in [-0.15, -0.1) is 0 Å². The van der Waals surface area contributed by atoms with Gasteiger partial charge in [-0.05, 0) is 70.3 Å². The van der Waals surface area contributed by atoms with Crippen LogP contribution in [0.4, 0.5) is 17.1 Å². The van der Waals surface area contributed by atoms with Gasteiger partial charge in [0.25, 0.3) is 0 Å². The molecule has 0 amide bonds. The van der Waals surface area contributed by atoms with Crippen LogP contribution in [0.1, 0.15) is 25.0 Å². The van der Waals surface area contributed by atoms with Crippen LogP contribution >= 0.6 is 15.9 Å². The molecule has 0 radical (unpaired) electrons. The maximum Gasteiger partial charge on any atom is 0.0543 e. The van der Waals surface area contributed by atoms with E-state index in [0.29, 0.717) is 0 Å². The fourth-order valence-corrected chi connectivity index (χ4v) is 5.64. The van der Waals surface area contributed by atoms with Crippen molar-refractivity contribution in [3.63, 3.8) is 0 Å². The summed E-state index contributed by atoms with van der Waals surface area (Å²) in [5, 5.41) is 0. The lowest BCUT2D eigenvalue weighted by Crippen LogP contribution is -2.16. The number of fused-ring (bicyclic) bond motifs is 3. The van der Waals surface area contributed by atoms with Gasteiger partial charge in [-0.1, -0.05) is 109 Å². The summed E-state index contributed by atoms with van der Waals surface area (Å²) in [5.74, 6) is 0. The monoisotopic (exact) mass is 515 g/mol. The molecule has 2 heteroatoms. The van der Waals surface area contributed by atoms with Gasteiger partial charge in [-0.25, -0.2) is 0 Å². The second kappa shape index (κ2) is 8.55. The Morgan fingerprint density at radius 1 is 0.543 bits per heavy atom. The average Bonchev–Trinajstić information content (AvgIpc) is 3.14. The standard InChI is InChI=1S/C33H26BrN/c1-33(2)29-12-7-6-11-28(29)32-30(33)13-8-14-31(32)35(27-21-17-25(34)18-22-27)26-19-15-24(16-20-26)23-9-4-3-5-10-23/h3-22H,1-2H3. The van der Waals surface area contributed by atoms with Crippen LogP contribution in [0.25, 0.3) is 22.3 Å². The zero-order chi connectivity index (χ0) is 24.0. The van der Waals surface area contributed by atoms with Gasteiger partial charge in [0.1, 0.15) is 0 Å². The molecule has 170 valence electrons. The largest absolute Gasteiger partial charge is 0.310 e. The molecule has 6 rings (SSSR count). The highest BCUT2D eigenvalue weighted by Gasteiger charge is 2.37. The molecule has 35 heavy (non-hydrogen) atoms. The molecule has 1 nitrogen and oxygen atoms in total. The van der Waals surface area contributed by atoms with Crippen LogP contribution in [-0.4, -0.2) is 0 Å². The number of rotatable bonds is 4. The van der Waals surface area contributed by atoms with Crippen LogP contribution in [0.3, 0.4) is 0 Å². The lowest BCUT2D eigenvalue weighted by molar-refractivity contribution is 0.660. The molecule has 0 saturated carbocycles. The van der Waals surface area contributed by atoms with Gasteiger partial charge in [0.05, 0.1) is 5.69 Å². The summed E-state index contributed by atoms with van der Waals surface area (Å²) in [7, 11) is 0. The van der Waals surface area contributed by atoms with Crippen molar-refractivity contribution < 1.29 is 0 Å². The molecule has 0 bridgehead atoms. The zero-order valence-electron chi connectivity index (χ0n) is 19.9. The van der Waals surface area contributed by atoms with E-state index in [-0.39, 0.29) is 5.41 Å². The summed E-state index contributed by atoms with van der Waals surface area (Å²) in [4.78, 5) is 2.39. The topological polar surface area (TPSA) is 3.24 Å². The normalized spacial score (nSPS) is 13.2. The van der Waals surface area contributed by atoms with E-state index in [1.807, 2.05) is 0 Å². The van der Waals surface area contributed by atoms with Gasteiger partial charge in [-0.3, -0.25) is 0 Å². The van der Waals surface area contributed by atoms with Crippen molar-refractivity contribution in [1.82, 2.24) is 0 Å². The van der Waals surface area contributed by atoms with E-state index in [9.17, 15) is 0 Å². The molecule has 0 spiro atoms. The second-order valence-corrected chi connectivity index (χ2v) is 10.5. The van der Waals surface area contributed by atoms with Crippen molar-refractivity contribution in [3.8, 4) is 22.3 Å². The van der Waals surface area contributed by atoms with Gasteiger partial charge >= 0.3 is 0 Å². The van der Waals surface area contributed by atoms with Crippen LogP contribution in [0, 0.1) is 0 Å². The lowest BCUT2D eigenvalue weighted by atomic mass is 9.82. The summed E-state index contributed by atoms with van der Waals surface area (Å²) >= 11 is 3.61. The van der Waals surface area contributed by atoms with Crippen LogP contribution < -0.4 is 4.90 Å². The second-order valence-electron chi connectivity index (χ2n) is 9.60. The van der Waals surface area contributed by atoms with E-state index in [1.165, 1.54) is 39.1 Å². The number of nitrogens with zero attached hydrogens (tertiary/aromatic N) is 1. The fourth-order valence-electron chi connectivity index (χ4n) is 5.37. The summed E-state index contributed by atoms with van der Waals surface area (Å²) in [6, 6.07) is 43.6. The third kappa shape index (κ3) is 3.69. The smallest absolute Gasteiger partial charge is 0.0543 e. The minimum absolute atomic E-state index is 0.0372. The highest BCUT2D eigenvalue weighted by Crippen LogP contribution is 2.54. The van der Waals surface area contributed by atoms with Gasteiger partial charge < -0.3 is 4.90 Å². The fraction of sp³-hybridized carbons (Fsp3) is 0.0909. The Hall–Kier alpha value is -3.62. The van der Waals surface area contributed by atoms with Crippen molar-refractivity contribution in [2.45, 2.75) is 19.3 Å². The van der Waals surface area contributed by atoms with Crippen molar-refractivity contribution in [1.29, 1.82) is 0 Å². The molecular formula is C33H26BrN. The van der Waals surface area contributed by atoms with Crippen LogP contribution in [-0.2, 0) is 5.41 Å². The average molecular weight is 516 g/mol. The molecule has 0 atom stereocenters. The summed E-state index contributed by atoms with van der Waals surface area (Å²) in [5.41, 5.74) is 11.3. The van der Waals surface area contributed by atoms with Crippen LogP contribution in [0.15, 0.2) is 126 Å². The van der Waals surface area contributed by atoms with Crippen molar-refractivity contribution in [3.05, 3.63) is 137 Å². The van der Waals surface area contributed by atoms with E-state index in [4.69, 9.17) is 0 Å². The maximum atomic E-state index is 3.61. The number of hydrogen-bond donors (Lipinski definition) is 0. The molecule has 0 aliphatic heterocycles. The van der Waals surface area contributed by atoms with E-state index >= 15 is 0 Å². The third-order valence-corrected chi connectivity index (χ3v) is 7.67. The highest BCUT2D eigenvalue weighted by molar-refractivity contribution is 9.10. The minimum Gasteiger partial charge on any atom is -0.310 e. The van der Waals surface area contributed by atoms with Gasteiger partial charge in [0, 0.05) is 26.8 Å². The van der Waals surface area contributed by atoms with Crippen molar-refractivity contribution in [2.75, 3.05) is 4.90 Å². The van der Waals surface area contributed by atoms with E-state index in [2.05, 4.69) is 156 Å². The Morgan fingerprint density at radius 2 is 1.11 bits per heavy atom. The van der Waals surface area contributed by atoms with Crippen LogP contribution in [0.5, 0.6) is 0 Å². The molecule has 0 unspecified atom stereocenters. The molecule has 0 heterocycles. The Labute approximate surface area is 215 Å². The molecule has 1 aliphatic rings. The molecule has 5 aromatic carbocycles. The summed E-state index contributed by atoms with van der Waals surface area (Å²) in [6.07, 6.45) is 0. The van der Waals surface area contributed by atoms with Crippen molar-refractivity contribution >= 4 is 33.0 Å². The number of benzene rings is 5. The molecule has 5 aromatic rings. The summed E-state index contributed by atoms with van der Waals surface area (Å²) in [6.45, 7) is 4.67. The van der Waals surface area contributed by atoms with E-state index in [0.717, 1.165) is 15.8 Å². The molecule has 1 aliphatic carbocycles. The first-order valence-electron chi connectivity index (χ1n) is 12.0. The number of halogens is 1. The lowest BCUT2D eigenvalue weighted by Gasteiger charge is -2.29. The highest BCUT2D eigenvalue weighted by atomic mass is 79.9. The van der Waals surface area contributed by atoms with Crippen LogP contribution in [0.2, 0.25) is 0 Å².